The predicted molar refractivity (Wildman–Crippen MR) is 130 cm³/mol. The van der Waals surface area contributed by atoms with Gasteiger partial charge in [0.1, 0.15) is 5.76 Å². The highest BCUT2D eigenvalue weighted by Crippen LogP contribution is 2.41. The smallest absolute Gasteiger partial charge is 0.295 e. The molecule has 0 bridgehead atoms. The van der Waals surface area contributed by atoms with Crippen LogP contribution in [-0.4, -0.2) is 69.3 Å². The highest BCUT2D eigenvalue weighted by atomic mass is 16.5. The van der Waals surface area contributed by atoms with Crippen molar-refractivity contribution in [3.8, 4) is 11.5 Å². The van der Waals surface area contributed by atoms with Gasteiger partial charge in [-0.05, 0) is 49.7 Å². The van der Waals surface area contributed by atoms with E-state index in [2.05, 4.69) is 18.7 Å². The van der Waals surface area contributed by atoms with Gasteiger partial charge in [-0.25, -0.2) is 0 Å². The Hall–Kier alpha value is -3.52. The van der Waals surface area contributed by atoms with Crippen LogP contribution in [0.1, 0.15) is 31.0 Å². The second kappa shape index (κ2) is 11.1. The number of carbonyl (C=O) groups excluding carboxylic acids is 2. The molecule has 2 aromatic carbocycles. The molecule has 34 heavy (non-hydrogen) atoms. The molecule has 1 aliphatic heterocycles. The van der Waals surface area contributed by atoms with Crippen molar-refractivity contribution < 1.29 is 28.9 Å². The third-order valence-corrected chi connectivity index (χ3v) is 6.07. The Labute approximate surface area is 200 Å². The van der Waals surface area contributed by atoms with Crippen molar-refractivity contribution in [2.75, 3.05) is 52.5 Å². The lowest BCUT2D eigenvalue weighted by Gasteiger charge is -2.26. The summed E-state index contributed by atoms with van der Waals surface area (Å²) >= 11 is 0. The van der Waals surface area contributed by atoms with E-state index in [1.165, 1.54) is 26.2 Å². The number of nitrogens with zero attached hydrogens (tertiary/aromatic N) is 2. The zero-order valence-electron chi connectivity index (χ0n) is 20.3. The summed E-state index contributed by atoms with van der Waals surface area (Å²) in [4.78, 5) is 29.7. The van der Waals surface area contributed by atoms with E-state index in [1.807, 2.05) is 24.3 Å². The van der Waals surface area contributed by atoms with Gasteiger partial charge < -0.3 is 29.1 Å². The number of aliphatic hydroxyl groups excluding tert-OH is 1. The molecule has 3 rings (SSSR count). The predicted octanol–water partition coefficient (Wildman–Crippen LogP) is 3.62. The molecule has 182 valence electrons. The standard InChI is InChI=1S/C26H32N2O6/c1-6-27(7-2)19-11-8-17(9-12-19)23-22(25(30)26(31)28(23)14-15-32-3)24(29)18-10-13-20(33-4)21(16-18)34-5/h8-13,16,23,29H,6-7,14-15H2,1-5H3/b24-22-. The van der Waals surface area contributed by atoms with Crippen LogP contribution in [0.3, 0.4) is 0 Å². The molecule has 0 aliphatic carbocycles. The first-order valence-corrected chi connectivity index (χ1v) is 11.3. The number of benzene rings is 2. The van der Waals surface area contributed by atoms with Gasteiger partial charge in [-0.2, -0.15) is 0 Å². The van der Waals surface area contributed by atoms with E-state index < -0.39 is 17.7 Å². The van der Waals surface area contributed by atoms with Gasteiger partial charge in [0.25, 0.3) is 11.7 Å². The van der Waals surface area contributed by atoms with Gasteiger partial charge in [-0.15, -0.1) is 0 Å². The molecular formula is C26H32N2O6. The van der Waals surface area contributed by atoms with Crippen LogP contribution in [0, 0.1) is 0 Å². The van der Waals surface area contributed by atoms with Crippen LogP contribution >= 0.6 is 0 Å². The molecule has 1 saturated heterocycles. The molecule has 0 spiro atoms. The maximum absolute atomic E-state index is 13.1. The van der Waals surface area contributed by atoms with Crippen LogP contribution in [0.25, 0.3) is 5.76 Å². The number of carbonyl (C=O) groups is 2. The summed E-state index contributed by atoms with van der Waals surface area (Å²) in [6, 6.07) is 11.8. The highest BCUT2D eigenvalue weighted by Gasteiger charge is 2.45. The number of ketones is 1. The number of Topliss-reactive ketones (excluding diaryl/α,β-unsaturated/α-hetero) is 1. The fourth-order valence-electron chi connectivity index (χ4n) is 4.24. The largest absolute Gasteiger partial charge is 0.507 e. The number of amides is 1. The first-order chi connectivity index (χ1) is 16.4. The number of methoxy groups -OCH3 is 3. The van der Waals surface area contributed by atoms with E-state index >= 15 is 0 Å². The Balaban J connectivity index is 2.13. The molecule has 1 fully saturated rings. The number of rotatable bonds is 10. The van der Waals surface area contributed by atoms with E-state index in [0.717, 1.165) is 24.3 Å². The summed E-state index contributed by atoms with van der Waals surface area (Å²) in [7, 11) is 4.54. The van der Waals surface area contributed by atoms with Crippen molar-refractivity contribution in [1.82, 2.24) is 4.90 Å². The van der Waals surface area contributed by atoms with E-state index in [-0.39, 0.29) is 24.5 Å². The van der Waals surface area contributed by atoms with Crippen molar-refractivity contribution in [2.45, 2.75) is 19.9 Å². The Morgan fingerprint density at radius 3 is 2.18 bits per heavy atom. The van der Waals surface area contributed by atoms with Gasteiger partial charge >= 0.3 is 0 Å². The fourth-order valence-corrected chi connectivity index (χ4v) is 4.24. The molecule has 1 amide bonds. The third kappa shape index (κ3) is 4.72. The summed E-state index contributed by atoms with van der Waals surface area (Å²) in [5, 5.41) is 11.2. The molecule has 1 atom stereocenters. The van der Waals surface area contributed by atoms with Crippen molar-refractivity contribution in [1.29, 1.82) is 0 Å². The van der Waals surface area contributed by atoms with Crippen LogP contribution in [0.15, 0.2) is 48.0 Å². The molecule has 1 unspecified atom stereocenters. The first kappa shape index (κ1) is 25.1. The lowest BCUT2D eigenvalue weighted by atomic mass is 9.95. The minimum atomic E-state index is -0.742. The molecule has 1 aliphatic rings. The molecule has 0 aromatic heterocycles. The van der Waals surface area contributed by atoms with E-state index in [1.54, 1.807) is 18.2 Å². The van der Waals surface area contributed by atoms with Crippen LogP contribution < -0.4 is 14.4 Å². The van der Waals surface area contributed by atoms with Crippen molar-refractivity contribution in [3.63, 3.8) is 0 Å². The lowest BCUT2D eigenvalue weighted by Crippen LogP contribution is -2.32. The Kier molecular flexibility index (Phi) is 8.17. The van der Waals surface area contributed by atoms with Crippen LogP contribution in [0.4, 0.5) is 5.69 Å². The van der Waals surface area contributed by atoms with E-state index in [4.69, 9.17) is 14.2 Å². The second-order valence-corrected chi connectivity index (χ2v) is 7.82. The molecule has 0 saturated carbocycles. The van der Waals surface area contributed by atoms with E-state index in [0.29, 0.717) is 17.1 Å². The first-order valence-electron chi connectivity index (χ1n) is 11.3. The van der Waals surface area contributed by atoms with Crippen molar-refractivity contribution in [2.24, 2.45) is 0 Å². The zero-order chi connectivity index (χ0) is 24.8. The molecule has 8 heteroatoms. The average Bonchev–Trinajstić information content (AvgIpc) is 3.12. The maximum Gasteiger partial charge on any atom is 0.295 e. The Morgan fingerprint density at radius 1 is 0.971 bits per heavy atom. The molecular weight excluding hydrogens is 436 g/mol. The van der Waals surface area contributed by atoms with Crippen LogP contribution in [0.2, 0.25) is 0 Å². The van der Waals surface area contributed by atoms with Gasteiger partial charge in [-0.3, -0.25) is 9.59 Å². The third-order valence-electron chi connectivity index (χ3n) is 6.07. The Bertz CT molecular complexity index is 1060. The van der Waals surface area contributed by atoms with Gasteiger partial charge in [0, 0.05) is 38.0 Å². The second-order valence-electron chi connectivity index (χ2n) is 7.82. The summed E-state index contributed by atoms with van der Waals surface area (Å²) < 4.78 is 15.8. The van der Waals surface area contributed by atoms with Crippen LogP contribution in [0.5, 0.6) is 11.5 Å². The SMILES string of the molecule is CCN(CC)c1ccc(C2/C(=C(/O)c3ccc(OC)c(OC)c3)C(=O)C(=O)N2CCOC)cc1. The maximum atomic E-state index is 13.1. The summed E-state index contributed by atoms with van der Waals surface area (Å²) in [5.41, 5.74) is 2.16. The highest BCUT2D eigenvalue weighted by molar-refractivity contribution is 6.46. The summed E-state index contributed by atoms with van der Waals surface area (Å²) in [6.45, 7) is 6.37. The van der Waals surface area contributed by atoms with E-state index in [9.17, 15) is 14.7 Å². The normalized spacial score (nSPS) is 17.2. The fraction of sp³-hybridized carbons (Fsp3) is 0.385. The van der Waals surface area contributed by atoms with Gasteiger partial charge in [-0.1, -0.05) is 12.1 Å². The number of hydrogen-bond donors (Lipinski definition) is 1. The number of anilines is 1. The average molecular weight is 469 g/mol. The number of hydrogen-bond acceptors (Lipinski definition) is 7. The van der Waals surface area contributed by atoms with Crippen molar-refractivity contribution >= 4 is 23.1 Å². The summed E-state index contributed by atoms with van der Waals surface area (Å²) in [6.07, 6.45) is 0. The molecule has 2 aromatic rings. The topological polar surface area (TPSA) is 88.5 Å². The Morgan fingerprint density at radius 2 is 1.62 bits per heavy atom. The quantitative estimate of drug-likeness (QED) is 0.324. The zero-order valence-corrected chi connectivity index (χ0v) is 20.3. The molecule has 1 heterocycles. The minimum absolute atomic E-state index is 0.0314. The molecule has 1 N–H and O–H groups in total. The van der Waals surface area contributed by atoms with Gasteiger partial charge in [0.15, 0.2) is 11.5 Å². The van der Waals surface area contributed by atoms with Crippen molar-refractivity contribution in [3.05, 3.63) is 59.2 Å². The molecule has 8 nitrogen and oxygen atoms in total. The number of ether oxygens (including phenoxy) is 3. The molecule has 0 radical (unpaired) electrons. The summed E-state index contributed by atoms with van der Waals surface area (Å²) in [5.74, 6) is -0.779. The monoisotopic (exact) mass is 468 g/mol. The minimum Gasteiger partial charge on any atom is -0.507 e. The number of likely N-dealkylation sites (tertiary alicyclic amines) is 1. The van der Waals surface area contributed by atoms with Crippen LogP contribution in [-0.2, 0) is 14.3 Å². The van der Waals surface area contributed by atoms with Gasteiger partial charge in [0.2, 0.25) is 0 Å². The number of aliphatic hydroxyl groups is 1. The lowest BCUT2D eigenvalue weighted by molar-refractivity contribution is -0.140. The van der Waals surface area contributed by atoms with Gasteiger partial charge in [0.05, 0.1) is 32.4 Å².